The second kappa shape index (κ2) is 10.1. The number of aromatic nitrogens is 2. The van der Waals surface area contributed by atoms with E-state index in [2.05, 4.69) is 65.8 Å². The number of benzene rings is 4. The minimum atomic E-state index is -0.112. The van der Waals surface area contributed by atoms with Gasteiger partial charge >= 0.3 is 0 Å². The van der Waals surface area contributed by atoms with Crippen molar-refractivity contribution in [2.45, 2.75) is 52.4 Å². The zero-order chi connectivity index (χ0) is 29.8. The summed E-state index contributed by atoms with van der Waals surface area (Å²) >= 11 is 0. The van der Waals surface area contributed by atoms with Crippen LogP contribution in [-0.2, 0) is 10.8 Å². The van der Waals surface area contributed by atoms with E-state index in [9.17, 15) is 0 Å². The Balaban J connectivity index is 1.29. The average Bonchev–Trinajstić information content (AvgIpc) is 3.59. The topological polar surface area (TPSA) is 70.5 Å². The van der Waals surface area contributed by atoms with Crippen LogP contribution in [0.3, 0.4) is 0 Å². The van der Waals surface area contributed by atoms with Crippen molar-refractivity contribution < 1.29 is 18.3 Å². The number of hydrogen-bond acceptors (Lipinski definition) is 6. The Labute approximate surface area is 246 Å². The number of methoxy groups -OCH3 is 2. The number of fused-ring (bicyclic) bond motifs is 2. The molecular formula is C36H36N2O4. The molecule has 0 aliphatic heterocycles. The predicted molar refractivity (Wildman–Crippen MR) is 168 cm³/mol. The van der Waals surface area contributed by atoms with E-state index in [-0.39, 0.29) is 10.8 Å². The van der Waals surface area contributed by atoms with Gasteiger partial charge < -0.3 is 18.3 Å². The minimum Gasteiger partial charge on any atom is -0.497 e. The lowest BCUT2D eigenvalue weighted by Crippen LogP contribution is -2.11. The minimum absolute atomic E-state index is 0.112. The molecule has 0 bridgehead atoms. The first-order chi connectivity index (χ1) is 19.9. The quantitative estimate of drug-likeness (QED) is 0.209. The highest BCUT2D eigenvalue weighted by Crippen LogP contribution is 2.38. The van der Waals surface area contributed by atoms with E-state index >= 15 is 0 Å². The molecule has 0 spiro atoms. The van der Waals surface area contributed by atoms with Crippen molar-refractivity contribution in [3.63, 3.8) is 0 Å². The van der Waals surface area contributed by atoms with Crippen LogP contribution in [0, 0.1) is 0 Å². The van der Waals surface area contributed by atoms with Gasteiger partial charge in [-0.25, -0.2) is 9.97 Å². The molecule has 0 fully saturated rings. The molecule has 0 amide bonds. The Kier molecular flexibility index (Phi) is 6.60. The fraction of sp³-hybridized carbons (Fsp3) is 0.278. The van der Waals surface area contributed by atoms with Crippen LogP contribution in [0.4, 0.5) is 0 Å². The van der Waals surface area contributed by atoms with Gasteiger partial charge in [-0.2, -0.15) is 0 Å². The van der Waals surface area contributed by atoms with Crippen LogP contribution in [0.25, 0.3) is 56.2 Å². The van der Waals surface area contributed by atoms with Gasteiger partial charge in [0.15, 0.2) is 11.2 Å². The van der Waals surface area contributed by atoms with Gasteiger partial charge in [-0.3, -0.25) is 0 Å². The third kappa shape index (κ3) is 5.02. The summed E-state index contributed by atoms with van der Waals surface area (Å²) in [4.78, 5) is 9.58. The monoisotopic (exact) mass is 560 g/mol. The Morgan fingerprint density at radius 3 is 1.14 bits per heavy atom. The molecular weight excluding hydrogens is 524 g/mol. The van der Waals surface area contributed by atoms with Crippen LogP contribution in [-0.4, -0.2) is 24.2 Å². The summed E-state index contributed by atoms with van der Waals surface area (Å²) in [5.74, 6) is 2.73. The lowest BCUT2D eigenvalue weighted by atomic mass is 9.86. The summed E-state index contributed by atoms with van der Waals surface area (Å²) in [6.07, 6.45) is 0. The van der Waals surface area contributed by atoms with Gasteiger partial charge in [0.1, 0.15) is 22.5 Å². The molecule has 0 saturated carbocycles. The van der Waals surface area contributed by atoms with E-state index in [0.717, 1.165) is 67.1 Å². The normalized spacial score (nSPS) is 12.3. The summed E-state index contributed by atoms with van der Waals surface area (Å²) in [6, 6.07) is 24.4. The summed E-state index contributed by atoms with van der Waals surface area (Å²) in [5.41, 5.74) is 9.12. The van der Waals surface area contributed by atoms with Crippen molar-refractivity contribution in [2.24, 2.45) is 0 Å². The van der Waals surface area contributed by atoms with Gasteiger partial charge in [-0.1, -0.05) is 65.8 Å². The summed E-state index contributed by atoms with van der Waals surface area (Å²) in [6.45, 7) is 13.0. The predicted octanol–water partition coefficient (Wildman–Crippen LogP) is 9.58. The van der Waals surface area contributed by atoms with Crippen molar-refractivity contribution in [1.82, 2.24) is 9.97 Å². The van der Waals surface area contributed by atoms with E-state index in [1.54, 1.807) is 14.2 Å². The molecule has 42 heavy (non-hydrogen) atoms. The Morgan fingerprint density at radius 1 is 0.500 bits per heavy atom. The molecule has 0 saturated heterocycles. The van der Waals surface area contributed by atoms with Gasteiger partial charge in [-0.05, 0) is 58.4 Å². The summed E-state index contributed by atoms with van der Waals surface area (Å²) in [7, 11) is 3.35. The number of hydrogen-bond donors (Lipinski definition) is 0. The first-order valence-corrected chi connectivity index (χ1v) is 14.1. The highest BCUT2D eigenvalue weighted by atomic mass is 16.5. The molecule has 6 nitrogen and oxygen atoms in total. The van der Waals surface area contributed by atoms with Crippen molar-refractivity contribution in [3.05, 3.63) is 83.9 Å². The number of ether oxygens (including phenoxy) is 2. The zero-order valence-corrected chi connectivity index (χ0v) is 25.5. The van der Waals surface area contributed by atoms with Crippen LogP contribution in [0.2, 0.25) is 0 Å². The Bertz CT molecular complexity index is 1760. The van der Waals surface area contributed by atoms with Crippen LogP contribution in [0.5, 0.6) is 11.5 Å². The molecule has 6 rings (SSSR count). The maximum atomic E-state index is 6.30. The third-order valence-corrected chi connectivity index (χ3v) is 7.61. The van der Waals surface area contributed by atoms with Crippen molar-refractivity contribution >= 4 is 22.2 Å². The fourth-order valence-corrected chi connectivity index (χ4v) is 5.22. The SMILES string of the molecule is COc1cc(C(C)(C)C)c2oc(-c3ccc(-c4ccc(-c5nc6cc(OC)cc(C(C)(C)C)c6o5)cc4)cc3)nc2c1. The van der Waals surface area contributed by atoms with E-state index in [0.29, 0.717) is 11.8 Å². The average molecular weight is 561 g/mol. The Morgan fingerprint density at radius 2 is 0.833 bits per heavy atom. The second-order valence-electron chi connectivity index (χ2n) is 12.7. The third-order valence-electron chi connectivity index (χ3n) is 7.61. The summed E-state index contributed by atoms with van der Waals surface area (Å²) < 4.78 is 23.6. The molecule has 0 aliphatic rings. The largest absolute Gasteiger partial charge is 0.497 e. The maximum Gasteiger partial charge on any atom is 0.227 e. The highest BCUT2D eigenvalue weighted by molar-refractivity contribution is 5.84. The zero-order valence-electron chi connectivity index (χ0n) is 25.5. The first-order valence-electron chi connectivity index (χ1n) is 14.1. The lowest BCUT2D eigenvalue weighted by Gasteiger charge is -2.19. The molecule has 0 radical (unpaired) electrons. The Hall–Kier alpha value is -4.58. The fourth-order valence-electron chi connectivity index (χ4n) is 5.22. The molecule has 6 heteroatoms. The molecule has 0 aliphatic carbocycles. The van der Waals surface area contributed by atoms with Gasteiger partial charge in [-0.15, -0.1) is 0 Å². The van der Waals surface area contributed by atoms with E-state index in [4.69, 9.17) is 28.3 Å². The summed E-state index contributed by atoms with van der Waals surface area (Å²) in [5, 5.41) is 0. The lowest BCUT2D eigenvalue weighted by molar-refractivity contribution is 0.413. The van der Waals surface area contributed by atoms with Crippen molar-refractivity contribution in [3.8, 4) is 45.5 Å². The first kappa shape index (κ1) is 27.6. The van der Waals surface area contributed by atoms with Gasteiger partial charge in [0.25, 0.3) is 0 Å². The van der Waals surface area contributed by atoms with Gasteiger partial charge in [0, 0.05) is 34.4 Å². The van der Waals surface area contributed by atoms with Crippen molar-refractivity contribution in [1.29, 1.82) is 0 Å². The smallest absolute Gasteiger partial charge is 0.227 e. The maximum absolute atomic E-state index is 6.30. The number of rotatable bonds is 5. The van der Waals surface area contributed by atoms with Gasteiger partial charge in [0.2, 0.25) is 11.8 Å². The van der Waals surface area contributed by atoms with Crippen LogP contribution >= 0.6 is 0 Å². The number of oxazole rings is 2. The molecule has 214 valence electrons. The van der Waals surface area contributed by atoms with Crippen LogP contribution in [0.1, 0.15) is 52.7 Å². The van der Waals surface area contributed by atoms with Crippen LogP contribution < -0.4 is 9.47 Å². The molecule has 0 unspecified atom stereocenters. The second-order valence-corrected chi connectivity index (χ2v) is 12.7. The molecule has 2 aromatic heterocycles. The number of nitrogens with zero attached hydrogens (tertiary/aromatic N) is 2. The van der Waals surface area contributed by atoms with E-state index < -0.39 is 0 Å². The van der Waals surface area contributed by atoms with Gasteiger partial charge in [0.05, 0.1) is 14.2 Å². The van der Waals surface area contributed by atoms with Crippen molar-refractivity contribution in [2.75, 3.05) is 14.2 Å². The molecule has 0 N–H and O–H groups in total. The molecule has 2 heterocycles. The highest BCUT2D eigenvalue weighted by Gasteiger charge is 2.24. The van der Waals surface area contributed by atoms with E-state index in [1.807, 2.05) is 48.5 Å². The molecule has 6 aromatic rings. The molecule has 4 aromatic carbocycles. The van der Waals surface area contributed by atoms with Crippen LogP contribution in [0.15, 0.2) is 81.6 Å². The standard InChI is InChI=1S/C36H36N2O4/c1-35(2,3)27-17-25(39-7)19-29-31(27)41-33(37-29)23-13-9-21(10-14-23)22-11-15-24(16-12-22)34-38-30-20-26(40-8)18-28(32(30)42-34)36(4,5)6/h9-20H,1-8H3. The van der Waals surface area contributed by atoms with E-state index in [1.165, 1.54) is 0 Å². The molecule has 0 atom stereocenters.